The lowest BCUT2D eigenvalue weighted by Crippen LogP contribution is -2.59. The molecule has 172 valence electrons. The summed E-state index contributed by atoms with van der Waals surface area (Å²) in [5.74, 6) is 0.900. The molecule has 1 aromatic rings. The normalized spacial score (nSPS) is 13.5. The first-order valence-corrected chi connectivity index (χ1v) is 19.2. The van der Waals surface area contributed by atoms with Gasteiger partial charge in [-0.05, 0) is 55.9 Å². The highest BCUT2D eigenvalue weighted by molar-refractivity contribution is 8.41. The Balaban J connectivity index is 2.78. The van der Waals surface area contributed by atoms with E-state index in [1.807, 2.05) is 0 Å². The first-order chi connectivity index (χ1) is 13.6. The zero-order valence-electron chi connectivity index (χ0n) is 20.7. The minimum atomic E-state index is -1.83. The number of thiol groups is 1. The van der Waals surface area contributed by atoms with Crippen molar-refractivity contribution in [2.24, 2.45) is 0 Å². The van der Waals surface area contributed by atoms with Gasteiger partial charge in [0, 0.05) is 11.0 Å². The zero-order chi connectivity index (χ0) is 23.2. The van der Waals surface area contributed by atoms with Crippen molar-refractivity contribution in [3.05, 3.63) is 35.4 Å². The molecule has 0 saturated heterocycles. The van der Waals surface area contributed by atoms with E-state index in [9.17, 15) is 0 Å². The van der Waals surface area contributed by atoms with Crippen LogP contribution in [-0.2, 0) is 16.6 Å². The van der Waals surface area contributed by atoms with E-state index in [2.05, 4.69) is 97.7 Å². The van der Waals surface area contributed by atoms with E-state index in [-0.39, 0.29) is 5.22 Å². The molecule has 0 spiro atoms. The average Bonchev–Trinajstić information content (AvgIpc) is 2.62. The molecule has 0 saturated carbocycles. The number of thiocarbonyl (C=S) groups is 1. The molecule has 0 fully saturated rings. The molecule has 0 aromatic heterocycles. The lowest BCUT2D eigenvalue weighted by Gasteiger charge is -2.50. The lowest BCUT2D eigenvalue weighted by atomic mass is 10.1. The summed E-state index contributed by atoms with van der Waals surface area (Å²) in [5.41, 5.74) is 2.73. The van der Waals surface area contributed by atoms with Crippen LogP contribution in [-0.4, -0.2) is 25.1 Å². The largest absolute Gasteiger partial charge is 0.415 e. The molecule has 1 aromatic carbocycles. The van der Waals surface area contributed by atoms with Crippen molar-refractivity contribution in [3.63, 3.8) is 0 Å². The van der Waals surface area contributed by atoms with Gasteiger partial charge in [-0.25, -0.2) is 0 Å². The first-order valence-electron chi connectivity index (χ1n) is 11.3. The second-order valence-corrected chi connectivity index (χ2v) is 23.6. The SMILES string of the molecule is CCCCC(C)(C)[Si](C)(C)OC(C)(C)[Si](C)(C)CCc1ccc(CSC(=S)S)cc1. The number of hydrogen-bond donors (Lipinski definition) is 1. The van der Waals surface area contributed by atoms with Gasteiger partial charge in [0.2, 0.25) is 0 Å². The van der Waals surface area contributed by atoms with E-state index in [4.69, 9.17) is 16.6 Å². The molecular weight excluding hydrogens is 457 g/mol. The Bertz CT molecular complexity index is 682. The smallest absolute Gasteiger partial charge is 0.192 e. The summed E-state index contributed by atoms with van der Waals surface area (Å²) in [6.07, 6.45) is 4.95. The maximum atomic E-state index is 7.09. The maximum absolute atomic E-state index is 7.09. The van der Waals surface area contributed by atoms with Crippen LogP contribution in [0, 0.1) is 0 Å². The summed E-state index contributed by atoms with van der Waals surface area (Å²) in [7, 11) is -3.43. The molecule has 0 aliphatic rings. The molecular formula is C24H44OS3Si2. The van der Waals surface area contributed by atoms with Gasteiger partial charge in [0.15, 0.2) is 8.32 Å². The third-order valence-electron chi connectivity index (χ3n) is 7.35. The Morgan fingerprint density at radius 1 is 1.03 bits per heavy atom. The topological polar surface area (TPSA) is 9.23 Å². The predicted molar refractivity (Wildman–Crippen MR) is 152 cm³/mol. The minimum Gasteiger partial charge on any atom is -0.415 e. The maximum Gasteiger partial charge on any atom is 0.192 e. The Morgan fingerprint density at radius 2 is 1.57 bits per heavy atom. The fourth-order valence-corrected chi connectivity index (χ4v) is 10.1. The van der Waals surface area contributed by atoms with E-state index in [0.717, 1.165) is 12.2 Å². The average molecular weight is 501 g/mol. The summed E-state index contributed by atoms with van der Waals surface area (Å²) in [6.45, 7) is 21.8. The zero-order valence-corrected chi connectivity index (χ0v) is 25.3. The van der Waals surface area contributed by atoms with Crippen LogP contribution in [0.5, 0.6) is 0 Å². The number of thioether (sulfide) groups is 1. The highest BCUT2D eigenvalue weighted by atomic mass is 32.2. The van der Waals surface area contributed by atoms with Crippen LogP contribution in [0.3, 0.4) is 0 Å². The van der Waals surface area contributed by atoms with Crippen molar-refractivity contribution < 1.29 is 4.43 Å². The van der Waals surface area contributed by atoms with Gasteiger partial charge in [-0.15, -0.1) is 24.4 Å². The molecule has 30 heavy (non-hydrogen) atoms. The third kappa shape index (κ3) is 8.40. The van der Waals surface area contributed by atoms with Gasteiger partial charge < -0.3 is 4.43 Å². The number of aryl methyl sites for hydroxylation is 1. The second-order valence-electron chi connectivity index (χ2n) is 10.9. The van der Waals surface area contributed by atoms with Gasteiger partial charge in [-0.3, -0.25) is 0 Å². The van der Waals surface area contributed by atoms with Gasteiger partial charge in [-0.1, -0.05) is 89.2 Å². The van der Waals surface area contributed by atoms with E-state index >= 15 is 0 Å². The Hall–Kier alpha value is 0.404. The van der Waals surface area contributed by atoms with E-state index in [1.54, 1.807) is 11.8 Å². The van der Waals surface area contributed by atoms with Gasteiger partial charge in [0.25, 0.3) is 0 Å². The fraction of sp³-hybridized carbons (Fsp3) is 0.708. The number of rotatable bonds is 12. The van der Waals surface area contributed by atoms with Crippen molar-refractivity contribution in [2.75, 3.05) is 0 Å². The highest BCUT2D eigenvalue weighted by Crippen LogP contribution is 2.46. The summed E-state index contributed by atoms with van der Waals surface area (Å²) >= 11 is 10.8. The molecule has 0 N–H and O–H groups in total. The van der Waals surface area contributed by atoms with E-state index in [1.165, 1.54) is 36.4 Å². The summed E-state index contributed by atoms with van der Waals surface area (Å²) in [6, 6.07) is 10.3. The monoisotopic (exact) mass is 500 g/mol. The van der Waals surface area contributed by atoms with Crippen molar-refractivity contribution >= 4 is 56.5 Å². The van der Waals surface area contributed by atoms with E-state index < -0.39 is 16.4 Å². The summed E-state index contributed by atoms with van der Waals surface area (Å²) < 4.78 is 7.80. The number of benzene rings is 1. The van der Waals surface area contributed by atoms with Crippen LogP contribution in [0.25, 0.3) is 0 Å². The van der Waals surface area contributed by atoms with Crippen LogP contribution in [0.2, 0.25) is 37.3 Å². The number of hydrogen-bond acceptors (Lipinski definition) is 3. The molecule has 1 rings (SSSR count). The Labute approximate surface area is 204 Å². The second kappa shape index (κ2) is 11.5. The third-order valence-corrected chi connectivity index (χ3v) is 18.4. The van der Waals surface area contributed by atoms with Crippen LogP contribution in [0.4, 0.5) is 0 Å². The van der Waals surface area contributed by atoms with Crippen LogP contribution >= 0.6 is 36.6 Å². The Morgan fingerprint density at radius 3 is 2.07 bits per heavy atom. The molecule has 1 nitrogen and oxygen atoms in total. The van der Waals surface area contributed by atoms with Crippen LogP contribution in [0.15, 0.2) is 24.3 Å². The van der Waals surface area contributed by atoms with Crippen LogP contribution in [0.1, 0.15) is 65.0 Å². The first kappa shape index (κ1) is 28.4. The Kier molecular flexibility index (Phi) is 10.9. The van der Waals surface area contributed by atoms with Crippen molar-refractivity contribution in [3.8, 4) is 0 Å². The van der Waals surface area contributed by atoms with Gasteiger partial charge in [-0.2, -0.15) is 0 Å². The molecule has 6 heteroatoms. The molecule has 0 bridgehead atoms. The van der Waals surface area contributed by atoms with Gasteiger partial charge in [0.05, 0.1) is 8.07 Å². The molecule has 0 heterocycles. The minimum absolute atomic E-state index is 0.0228. The van der Waals surface area contributed by atoms with Crippen molar-refractivity contribution in [2.45, 2.75) is 109 Å². The van der Waals surface area contributed by atoms with Crippen LogP contribution < -0.4 is 0 Å². The molecule has 0 unspecified atom stereocenters. The van der Waals surface area contributed by atoms with E-state index in [0.29, 0.717) is 8.57 Å². The summed E-state index contributed by atoms with van der Waals surface area (Å²) in [4.78, 5) is 0. The number of unbranched alkanes of at least 4 members (excludes halogenated alkanes) is 1. The lowest BCUT2D eigenvalue weighted by molar-refractivity contribution is 0.159. The predicted octanol–water partition coefficient (Wildman–Crippen LogP) is 8.90. The van der Waals surface area contributed by atoms with Gasteiger partial charge in [0.1, 0.15) is 3.53 Å². The van der Waals surface area contributed by atoms with Gasteiger partial charge >= 0.3 is 0 Å². The molecule has 0 amide bonds. The summed E-state index contributed by atoms with van der Waals surface area (Å²) in [5, 5.41) is 0.277. The molecule has 0 aliphatic carbocycles. The quantitative estimate of drug-likeness (QED) is 0.174. The fourth-order valence-electron chi connectivity index (χ4n) is 3.54. The molecule has 0 radical (unpaired) electrons. The standard InChI is InChI=1S/C24H44OS3Si2/c1-10-11-17-23(2,3)30(8,9)25-24(4,5)29(6,7)18-16-20-12-14-21(15-13-20)19-28-22(26)27/h12-15H,10-11,16-19H2,1-9H3,(H,26,27). The molecule has 0 atom stereocenters. The van der Waals surface area contributed by atoms with Crippen molar-refractivity contribution in [1.82, 2.24) is 0 Å². The van der Waals surface area contributed by atoms with Crippen molar-refractivity contribution in [1.29, 1.82) is 0 Å². The highest BCUT2D eigenvalue weighted by Gasteiger charge is 2.48. The molecule has 0 aliphatic heterocycles.